The highest BCUT2D eigenvalue weighted by atomic mass is 16.4. The van der Waals surface area contributed by atoms with Crippen LogP contribution < -0.4 is 5.32 Å². The van der Waals surface area contributed by atoms with Crippen molar-refractivity contribution in [2.75, 3.05) is 13.1 Å². The molecular formula is C15H24N2O4. The minimum atomic E-state index is -0.958. The van der Waals surface area contributed by atoms with E-state index >= 15 is 0 Å². The molecule has 6 heteroatoms. The minimum absolute atomic E-state index is 0.0880. The van der Waals surface area contributed by atoms with E-state index in [0.29, 0.717) is 25.3 Å². The maximum atomic E-state index is 12.1. The van der Waals surface area contributed by atoms with Crippen molar-refractivity contribution < 1.29 is 19.5 Å². The fourth-order valence-electron chi connectivity index (χ4n) is 3.31. The first kappa shape index (κ1) is 15.8. The Morgan fingerprint density at radius 1 is 1.05 bits per heavy atom. The average Bonchev–Trinajstić information content (AvgIpc) is 2.97. The van der Waals surface area contributed by atoms with Crippen molar-refractivity contribution >= 4 is 17.8 Å². The molecule has 0 aromatic carbocycles. The molecule has 1 atom stereocenters. The van der Waals surface area contributed by atoms with Gasteiger partial charge in [0.05, 0.1) is 6.54 Å². The maximum Gasteiger partial charge on any atom is 0.326 e. The predicted molar refractivity (Wildman–Crippen MR) is 76.6 cm³/mol. The summed E-state index contributed by atoms with van der Waals surface area (Å²) in [6, 6.07) is -0.738. The number of hydrogen-bond acceptors (Lipinski definition) is 3. The largest absolute Gasteiger partial charge is 0.480 e. The van der Waals surface area contributed by atoms with Gasteiger partial charge in [0.25, 0.3) is 0 Å². The third-order valence-corrected chi connectivity index (χ3v) is 4.49. The zero-order chi connectivity index (χ0) is 15.2. The van der Waals surface area contributed by atoms with E-state index < -0.39 is 12.0 Å². The molecule has 2 fully saturated rings. The molecule has 1 unspecified atom stereocenters. The molecule has 1 heterocycles. The van der Waals surface area contributed by atoms with Gasteiger partial charge in [0.15, 0.2) is 0 Å². The molecule has 118 valence electrons. The molecule has 2 rings (SSSR count). The van der Waals surface area contributed by atoms with Crippen molar-refractivity contribution in [1.82, 2.24) is 10.2 Å². The topological polar surface area (TPSA) is 86.7 Å². The van der Waals surface area contributed by atoms with Crippen LogP contribution >= 0.6 is 0 Å². The molecule has 0 aromatic rings. The Hall–Kier alpha value is -1.59. The minimum Gasteiger partial charge on any atom is -0.480 e. The van der Waals surface area contributed by atoms with Gasteiger partial charge in [0, 0.05) is 13.0 Å². The number of nitrogens with one attached hydrogen (secondary N) is 1. The van der Waals surface area contributed by atoms with Gasteiger partial charge in [-0.15, -0.1) is 0 Å². The first-order valence-electron chi connectivity index (χ1n) is 7.87. The molecule has 1 aliphatic heterocycles. The molecule has 2 N–H and O–H groups in total. The predicted octanol–water partition coefficient (Wildman–Crippen LogP) is 1.15. The molecule has 6 nitrogen and oxygen atoms in total. The molecule has 0 spiro atoms. The highest BCUT2D eigenvalue weighted by Gasteiger charge is 2.31. The molecule has 0 bridgehead atoms. The van der Waals surface area contributed by atoms with Crippen LogP contribution in [-0.4, -0.2) is 46.9 Å². The third kappa shape index (κ3) is 4.44. The normalized spacial score (nSPS) is 23.0. The van der Waals surface area contributed by atoms with Gasteiger partial charge in [-0.3, -0.25) is 9.59 Å². The lowest BCUT2D eigenvalue weighted by atomic mass is 10.0. The summed E-state index contributed by atoms with van der Waals surface area (Å²) in [5.41, 5.74) is 0. The van der Waals surface area contributed by atoms with E-state index in [1.54, 1.807) is 0 Å². The molecule has 2 aliphatic rings. The second-order valence-electron chi connectivity index (χ2n) is 6.07. The van der Waals surface area contributed by atoms with Crippen LogP contribution in [0.3, 0.4) is 0 Å². The van der Waals surface area contributed by atoms with Gasteiger partial charge in [-0.25, -0.2) is 4.79 Å². The Balaban J connectivity index is 1.77. The van der Waals surface area contributed by atoms with Crippen molar-refractivity contribution in [2.24, 2.45) is 5.92 Å². The standard InChI is InChI=1S/C15H24N2O4/c18-13(9-11-5-1-2-6-11)16-10-14(19)17-8-4-3-7-12(17)15(20)21/h11-12H,1-10H2,(H,16,18)(H,20,21). The van der Waals surface area contributed by atoms with Crippen LogP contribution in [0, 0.1) is 5.92 Å². The van der Waals surface area contributed by atoms with E-state index in [1.165, 1.54) is 17.7 Å². The van der Waals surface area contributed by atoms with Gasteiger partial charge in [-0.1, -0.05) is 12.8 Å². The Morgan fingerprint density at radius 2 is 1.71 bits per heavy atom. The number of carbonyl (C=O) groups is 3. The summed E-state index contributed by atoms with van der Waals surface area (Å²) >= 11 is 0. The summed E-state index contributed by atoms with van der Waals surface area (Å²) < 4.78 is 0. The molecule has 2 amide bonds. The van der Waals surface area contributed by atoms with Gasteiger partial charge in [0.2, 0.25) is 11.8 Å². The summed E-state index contributed by atoms with van der Waals surface area (Å²) in [5.74, 6) is -0.900. The fraction of sp³-hybridized carbons (Fsp3) is 0.800. The zero-order valence-electron chi connectivity index (χ0n) is 12.3. The lowest BCUT2D eigenvalue weighted by Crippen LogP contribution is -2.51. The number of aliphatic carboxylic acids is 1. The highest BCUT2D eigenvalue weighted by molar-refractivity contribution is 5.88. The van der Waals surface area contributed by atoms with Crippen LogP contribution in [0.1, 0.15) is 51.4 Å². The lowest BCUT2D eigenvalue weighted by molar-refractivity contribution is -0.151. The van der Waals surface area contributed by atoms with Crippen LogP contribution in [0.15, 0.2) is 0 Å². The van der Waals surface area contributed by atoms with Crippen LogP contribution in [-0.2, 0) is 14.4 Å². The second kappa shape index (κ2) is 7.43. The highest BCUT2D eigenvalue weighted by Crippen LogP contribution is 2.27. The second-order valence-corrected chi connectivity index (χ2v) is 6.07. The van der Waals surface area contributed by atoms with Crippen molar-refractivity contribution in [2.45, 2.75) is 57.4 Å². The Morgan fingerprint density at radius 3 is 2.38 bits per heavy atom. The number of carboxylic acid groups (broad SMARTS) is 1. The average molecular weight is 296 g/mol. The lowest BCUT2D eigenvalue weighted by Gasteiger charge is -2.33. The van der Waals surface area contributed by atoms with Crippen LogP contribution in [0.2, 0.25) is 0 Å². The van der Waals surface area contributed by atoms with Gasteiger partial charge in [0.1, 0.15) is 6.04 Å². The van der Waals surface area contributed by atoms with Crippen LogP contribution in [0.5, 0.6) is 0 Å². The van der Waals surface area contributed by atoms with Crippen molar-refractivity contribution in [1.29, 1.82) is 0 Å². The number of nitrogens with zero attached hydrogens (tertiary/aromatic N) is 1. The van der Waals surface area contributed by atoms with Crippen molar-refractivity contribution in [3.8, 4) is 0 Å². The maximum absolute atomic E-state index is 12.1. The van der Waals surface area contributed by atoms with Gasteiger partial charge in [-0.05, 0) is 38.0 Å². The third-order valence-electron chi connectivity index (χ3n) is 4.49. The molecule has 0 radical (unpaired) electrons. The van der Waals surface area contributed by atoms with Crippen molar-refractivity contribution in [3.63, 3.8) is 0 Å². The number of piperidine rings is 1. The quantitative estimate of drug-likeness (QED) is 0.796. The first-order valence-corrected chi connectivity index (χ1v) is 7.87. The van der Waals surface area contributed by atoms with Gasteiger partial charge in [-0.2, -0.15) is 0 Å². The van der Waals surface area contributed by atoms with E-state index in [1.807, 2.05) is 0 Å². The van der Waals surface area contributed by atoms with E-state index in [2.05, 4.69) is 5.32 Å². The molecule has 1 aliphatic carbocycles. The van der Waals surface area contributed by atoms with Gasteiger partial charge < -0.3 is 15.3 Å². The Labute approximate surface area is 124 Å². The smallest absolute Gasteiger partial charge is 0.326 e. The summed E-state index contributed by atoms with van der Waals surface area (Å²) in [6.45, 7) is 0.379. The van der Waals surface area contributed by atoms with E-state index in [4.69, 9.17) is 5.11 Å². The summed E-state index contributed by atoms with van der Waals surface area (Å²) in [7, 11) is 0. The monoisotopic (exact) mass is 296 g/mol. The van der Waals surface area contributed by atoms with Crippen molar-refractivity contribution in [3.05, 3.63) is 0 Å². The summed E-state index contributed by atoms with van der Waals surface area (Å²) in [4.78, 5) is 36.5. The number of likely N-dealkylation sites (tertiary alicyclic amines) is 1. The zero-order valence-corrected chi connectivity index (χ0v) is 12.3. The number of amides is 2. The molecule has 1 saturated carbocycles. The van der Waals surface area contributed by atoms with Gasteiger partial charge >= 0.3 is 5.97 Å². The number of carboxylic acids is 1. The molecule has 1 saturated heterocycles. The Bertz CT molecular complexity index is 404. The number of hydrogen-bond donors (Lipinski definition) is 2. The van der Waals surface area contributed by atoms with E-state index in [9.17, 15) is 14.4 Å². The molecule has 0 aromatic heterocycles. The van der Waals surface area contributed by atoms with E-state index in [0.717, 1.165) is 25.7 Å². The first-order chi connectivity index (χ1) is 10.1. The SMILES string of the molecule is O=C(CC1CCCC1)NCC(=O)N1CCCCC1C(=O)O. The van der Waals surface area contributed by atoms with E-state index in [-0.39, 0.29) is 18.4 Å². The fourth-order valence-corrected chi connectivity index (χ4v) is 3.31. The number of carbonyl (C=O) groups excluding carboxylic acids is 2. The number of rotatable bonds is 5. The Kier molecular flexibility index (Phi) is 5.59. The molecular weight excluding hydrogens is 272 g/mol. The summed E-state index contributed by atoms with van der Waals surface area (Å²) in [6.07, 6.45) is 7.19. The molecule has 21 heavy (non-hydrogen) atoms. The van der Waals surface area contributed by atoms with Crippen LogP contribution in [0.4, 0.5) is 0 Å². The van der Waals surface area contributed by atoms with Crippen LogP contribution in [0.25, 0.3) is 0 Å². The summed E-state index contributed by atoms with van der Waals surface area (Å²) in [5, 5.41) is 11.8.